The highest BCUT2D eigenvalue weighted by atomic mass is 19.1. The highest BCUT2D eigenvalue weighted by molar-refractivity contribution is 5.19. The van der Waals surface area contributed by atoms with Crippen LogP contribution in [0.2, 0.25) is 0 Å². The lowest BCUT2D eigenvalue weighted by Crippen LogP contribution is -2.35. The molecule has 0 aromatic heterocycles. The third kappa shape index (κ3) is 3.87. The summed E-state index contributed by atoms with van der Waals surface area (Å²) < 4.78 is 31.3. The first-order valence-corrected chi connectivity index (χ1v) is 5.33. The fraction of sp³-hybridized carbons (Fsp3) is 0.500. The lowest BCUT2D eigenvalue weighted by Gasteiger charge is -2.17. The average molecular weight is 229 g/mol. The molecular formula is C12H17F2NO. The predicted molar refractivity (Wildman–Crippen MR) is 59.4 cm³/mol. The van der Waals surface area contributed by atoms with Crippen molar-refractivity contribution in [2.24, 2.45) is 0 Å². The van der Waals surface area contributed by atoms with Crippen LogP contribution in [-0.4, -0.2) is 26.3 Å². The Morgan fingerprint density at radius 3 is 2.75 bits per heavy atom. The van der Waals surface area contributed by atoms with Crippen LogP contribution in [0.3, 0.4) is 0 Å². The largest absolute Gasteiger partial charge is 0.383 e. The number of ether oxygens (including phenoxy) is 1. The topological polar surface area (TPSA) is 21.3 Å². The van der Waals surface area contributed by atoms with Crippen molar-refractivity contribution >= 4 is 0 Å². The molecule has 0 aliphatic carbocycles. The number of hydrogen-bond donors (Lipinski definition) is 1. The Hall–Kier alpha value is -1.00. The van der Waals surface area contributed by atoms with Crippen molar-refractivity contribution in [3.63, 3.8) is 0 Å². The third-order valence-electron chi connectivity index (χ3n) is 2.33. The van der Waals surface area contributed by atoms with Gasteiger partial charge in [0.15, 0.2) is 0 Å². The van der Waals surface area contributed by atoms with Crippen LogP contribution in [-0.2, 0) is 11.2 Å². The molecule has 1 aromatic carbocycles. The number of halogens is 2. The van der Waals surface area contributed by atoms with Gasteiger partial charge in [0, 0.05) is 13.2 Å². The molecule has 0 amide bonds. The molecule has 0 saturated heterocycles. The summed E-state index contributed by atoms with van der Waals surface area (Å²) in [6.45, 7) is 3.21. The summed E-state index contributed by atoms with van der Waals surface area (Å²) in [4.78, 5) is 0. The Labute approximate surface area is 94.6 Å². The molecule has 0 saturated carbocycles. The lowest BCUT2D eigenvalue weighted by atomic mass is 10.1. The molecule has 0 heterocycles. The summed E-state index contributed by atoms with van der Waals surface area (Å²) in [6, 6.07) is 3.51. The molecule has 0 aliphatic heterocycles. The Morgan fingerprint density at radius 2 is 2.12 bits per heavy atom. The highest BCUT2D eigenvalue weighted by Gasteiger charge is 2.11. The Morgan fingerprint density at radius 1 is 1.38 bits per heavy atom. The molecule has 0 aliphatic rings. The first-order chi connectivity index (χ1) is 7.67. The van der Waals surface area contributed by atoms with Crippen molar-refractivity contribution in [2.75, 3.05) is 20.3 Å². The second kappa shape index (κ2) is 6.55. The molecule has 1 unspecified atom stereocenters. The van der Waals surface area contributed by atoms with E-state index >= 15 is 0 Å². The maximum absolute atomic E-state index is 13.4. The Bertz CT molecular complexity index is 325. The Kier molecular flexibility index (Phi) is 5.35. The molecule has 16 heavy (non-hydrogen) atoms. The van der Waals surface area contributed by atoms with E-state index in [9.17, 15) is 8.78 Å². The molecule has 90 valence electrons. The van der Waals surface area contributed by atoms with Gasteiger partial charge in [0.25, 0.3) is 0 Å². The van der Waals surface area contributed by atoms with Gasteiger partial charge in [0.1, 0.15) is 11.6 Å². The second-order valence-electron chi connectivity index (χ2n) is 3.65. The summed E-state index contributed by atoms with van der Waals surface area (Å²) in [5, 5.41) is 3.16. The van der Waals surface area contributed by atoms with Crippen LogP contribution in [0.4, 0.5) is 8.78 Å². The van der Waals surface area contributed by atoms with Crippen molar-refractivity contribution in [3.05, 3.63) is 35.4 Å². The van der Waals surface area contributed by atoms with Gasteiger partial charge in [-0.1, -0.05) is 6.92 Å². The minimum Gasteiger partial charge on any atom is -0.383 e. The predicted octanol–water partition coefficient (Wildman–Crippen LogP) is 2.13. The van der Waals surface area contributed by atoms with Gasteiger partial charge in [-0.3, -0.25) is 0 Å². The Balaban J connectivity index is 2.71. The zero-order valence-electron chi connectivity index (χ0n) is 9.59. The quantitative estimate of drug-likeness (QED) is 0.807. The van der Waals surface area contributed by atoms with Crippen molar-refractivity contribution in [2.45, 2.75) is 19.4 Å². The SMILES string of the molecule is CCNC(COC)Cc1cc(F)ccc1F. The van der Waals surface area contributed by atoms with E-state index in [2.05, 4.69) is 5.32 Å². The van der Waals surface area contributed by atoms with E-state index in [0.29, 0.717) is 18.6 Å². The molecule has 0 radical (unpaired) electrons. The van der Waals surface area contributed by atoms with Gasteiger partial charge >= 0.3 is 0 Å². The third-order valence-corrected chi connectivity index (χ3v) is 2.33. The lowest BCUT2D eigenvalue weighted by molar-refractivity contribution is 0.166. The molecule has 0 spiro atoms. The summed E-state index contributed by atoms with van der Waals surface area (Å²) in [5.74, 6) is -0.788. The molecule has 0 bridgehead atoms. The van der Waals surface area contributed by atoms with Crippen molar-refractivity contribution in [1.82, 2.24) is 5.32 Å². The van der Waals surface area contributed by atoms with Crippen molar-refractivity contribution < 1.29 is 13.5 Å². The van der Waals surface area contributed by atoms with Crippen molar-refractivity contribution in [3.8, 4) is 0 Å². The molecular weight excluding hydrogens is 212 g/mol. The maximum atomic E-state index is 13.4. The number of nitrogens with one attached hydrogen (secondary N) is 1. The van der Waals surface area contributed by atoms with E-state index in [1.807, 2.05) is 6.92 Å². The first kappa shape index (κ1) is 13.1. The standard InChI is InChI=1S/C12H17F2NO/c1-3-15-11(8-16-2)7-9-6-10(13)4-5-12(9)14/h4-6,11,15H,3,7-8H2,1-2H3. The number of methoxy groups -OCH3 is 1. The van der Waals surface area contributed by atoms with Crippen LogP contribution in [0.1, 0.15) is 12.5 Å². The van der Waals surface area contributed by atoms with Gasteiger partial charge in [-0.2, -0.15) is 0 Å². The fourth-order valence-corrected chi connectivity index (χ4v) is 1.65. The van der Waals surface area contributed by atoms with E-state index < -0.39 is 5.82 Å². The minimum absolute atomic E-state index is 0.00583. The molecule has 2 nitrogen and oxygen atoms in total. The smallest absolute Gasteiger partial charge is 0.126 e. The number of hydrogen-bond acceptors (Lipinski definition) is 2. The summed E-state index contributed by atoms with van der Waals surface area (Å²) in [5.41, 5.74) is 0.378. The van der Waals surface area contributed by atoms with Gasteiger partial charge in [-0.05, 0) is 36.7 Å². The van der Waals surface area contributed by atoms with E-state index in [1.54, 1.807) is 7.11 Å². The zero-order valence-corrected chi connectivity index (χ0v) is 9.59. The van der Waals surface area contributed by atoms with Gasteiger partial charge in [-0.15, -0.1) is 0 Å². The zero-order chi connectivity index (χ0) is 12.0. The molecule has 0 fully saturated rings. The van der Waals surface area contributed by atoms with E-state index in [1.165, 1.54) is 6.07 Å². The van der Waals surface area contributed by atoms with Gasteiger partial charge in [0.05, 0.1) is 6.61 Å². The molecule has 4 heteroatoms. The molecule has 1 atom stereocenters. The van der Waals surface area contributed by atoms with Crippen LogP contribution < -0.4 is 5.32 Å². The minimum atomic E-state index is -0.413. The van der Waals surface area contributed by atoms with E-state index in [4.69, 9.17) is 4.74 Å². The van der Waals surface area contributed by atoms with Crippen LogP contribution in [0.15, 0.2) is 18.2 Å². The average Bonchev–Trinajstić information content (AvgIpc) is 2.24. The molecule has 1 N–H and O–H groups in total. The number of rotatable bonds is 6. The second-order valence-corrected chi connectivity index (χ2v) is 3.65. The number of benzene rings is 1. The van der Waals surface area contributed by atoms with E-state index in [-0.39, 0.29) is 11.9 Å². The van der Waals surface area contributed by atoms with Crippen LogP contribution in [0, 0.1) is 11.6 Å². The van der Waals surface area contributed by atoms with Crippen LogP contribution in [0.5, 0.6) is 0 Å². The first-order valence-electron chi connectivity index (χ1n) is 5.33. The summed E-state index contributed by atoms with van der Waals surface area (Å²) in [7, 11) is 1.59. The normalized spacial score (nSPS) is 12.8. The highest BCUT2D eigenvalue weighted by Crippen LogP contribution is 2.12. The van der Waals surface area contributed by atoms with Gasteiger partial charge in [-0.25, -0.2) is 8.78 Å². The van der Waals surface area contributed by atoms with E-state index in [0.717, 1.165) is 18.7 Å². The summed E-state index contributed by atoms with van der Waals surface area (Å²) >= 11 is 0. The fourth-order valence-electron chi connectivity index (χ4n) is 1.65. The summed E-state index contributed by atoms with van der Waals surface area (Å²) in [6.07, 6.45) is 0.422. The maximum Gasteiger partial charge on any atom is 0.126 e. The van der Waals surface area contributed by atoms with Crippen molar-refractivity contribution in [1.29, 1.82) is 0 Å². The molecule has 1 aromatic rings. The van der Waals surface area contributed by atoms with Gasteiger partial charge < -0.3 is 10.1 Å². The number of likely N-dealkylation sites (N-methyl/N-ethyl adjacent to an activating group) is 1. The van der Waals surface area contributed by atoms with Gasteiger partial charge in [0.2, 0.25) is 0 Å². The van der Waals surface area contributed by atoms with Crippen LogP contribution in [0.25, 0.3) is 0 Å². The monoisotopic (exact) mass is 229 g/mol. The van der Waals surface area contributed by atoms with Crippen LogP contribution >= 0.6 is 0 Å². The molecule has 1 rings (SSSR count).